The largest absolute Gasteiger partial charge is 0.302 e. The average Bonchev–Trinajstić information content (AvgIpc) is 2.72. The zero-order valence-electron chi connectivity index (χ0n) is 14.1. The lowest BCUT2D eigenvalue weighted by molar-refractivity contribution is -0.113. The van der Waals surface area contributed by atoms with Crippen LogP contribution < -0.4 is 4.90 Å². The Hall–Kier alpha value is -3.64. The number of benzene rings is 3. The first-order chi connectivity index (χ1) is 12.7. The van der Waals surface area contributed by atoms with Crippen molar-refractivity contribution in [1.82, 2.24) is 0 Å². The van der Waals surface area contributed by atoms with Crippen LogP contribution in [0.4, 0.5) is 5.69 Å². The van der Waals surface area contributed by atoms with E-state index < -0.39 is 5.91 Å². The second kappa shape index (κ2) is 7.96. The van der Waals surface area contributed by atoms with Crippen LogP contribution in [-0.2, 0) is 11.3 Å². The molecule has 1 amide bonds. The van der Waals surface area contributed by atoms with E-state index in [1.54, 1.807) is 36.4 Å². The molecule has 0 aliphatic rings. The van der Waals surface area contributed by atoms with Crippen LogP contribution in [-0.4, -0.2) is 11.7 Å². The van der Waals surface area contributed by atoms with Gasteiger partial charge >= 0.3 is 5.91 Å². The second-order valence-corrected chi connectivity index (χ2v) is 5.73. The van der Waals surface area contributed by atoms with E-state index in [2.05, 4.69) is 5.92 Å². The molecular weight excluding hydrogens is 322 g/mol. The number of para-hydroxylation sites is 1. The molecule has 26 heavy (non-hydrogen) atoms. The number of terminal acetylenes is 1. The van der Waals surface area contributed by atoms with Crippen LogP contribution in [0.2, 0.25) is 0 Å². The molecule has 0 saturated carbocycles. The van der Waals surface area contributed by atoms with Gasteiger partial charge in [-0.15, -0.1) is 6.42 Å². The van der Waals surface area contributed by atoms with Gasteiger partial charge in [-0.1, -0.05) is 72.8 Å². The quantitative estimate of drug-likeness (QED) is 0.519. The maximum Gasteiger partial charge on any atom is 0.302 e. The summed E-state index contributed by atoms with van der Waals surface area (Å²) in [5.74, 6) is 1.53. The highest BCUT2D eigenvalue weighted by Gasteiger charge is 2.21. The molecule has 3 heteroatoms. The van der Waals surface area contributed by atoms with Gasteiger partial charge in [0.15, 0.2) is 5.78 Å². The normalized spacial score (nSPS) is 9.96. The van der Waals surface area contributed by atoms with E-state index in [-0.39, 0.29) is 5.78 Å². The molecule has 0 saturated heterocycles. The third-order valence-electron chi connectivity index (χ3n) is 4.03. The van der Waals surface area contributed by atoms with Gasteiger partial charge in [0.05, 0.1) is 12.2 Å². The Kier molecular flexibility index (Phi) is 5.26. The van der Waals surface area contributed by atoms with Crippen molar-refractivity contribution < 1.29 is 9.59 Å². The van der Waals surface area contributed by atoms with Crippen LogP contribution >= 0.6 is 0 Å². The molecule has 0 fully saturated rings. The van der Waals surface area contributed by atoms with Gasteiger partial charge in [-0.05, 0) is 23.6 Å². The van der Waals surface area contributed by atoms with E-state index >= 15 is 0 Å². The maximum atomic E-state index is 12.9. The molecule has 0 spiro atoms. The Bertz CT molecular complexity index is 956. The van der Waals surface area contributed by atoms with Gasteiger partial charge in [0.25, 0.3) is 0 Å². The Morgan fingerprint density at radius 2 is 1.38 bits per heavy atom. The summed E-state index contributed by atoms with van der Waals surface area (Å²) in [6.45, 7) is 0.295. The number of rotatable bonds is 5. The third-order valence-corrected chi connectivity index (χ3v) is 4.03. The number of hydrogen-bond acceptors (Lipinski definition) is 2. The van der Waals surface area contributed by atoms with Crippen LogP contribution in [0.25, 0.3) is 0 Å². The molecule has 0 N–H and O–H groups in total. The molecule has 3 rings (SSSR count). The van der Waals surface area contributed by atoms with Gasteiger partial charge in [0.2, 0.25) is 0 Å². The fraction of sp³-hybridized carbons (Fsp3) is 0.0435. The Morgan fingerprint density at radius 1 is 0.808 bits per heavy atom. The SMILES string of the molecule is C#CC(=O)N(Cc1ccccc1)c1ccccc1C(=O)c1ccccc1. The lowest BCUT2D eigenvalue weighted by atomic mass is 10.0. The smallest absolute Gasteiger partial charge is 0.296 e. The van der Waals surface area contributed by atoms with E-state index in [0.717, 1.165) is 5.56 Å². The van der Waals surface area contributed by atoms with Crippen molar-refractivity contribution in [3.8, 4) is 12.3 Å². The fourth-order valence-corrected chi connectivity index (χ4v) is 2.76. The lowest BCUT2D eigenvalue weighted by Gasteiger charge is -2.23. The maximum absolute atomic E-state index is 12.9. The molecule has 3 aromatic rings. The van der Waals surface area contributed by atoms with Gasteiger partial charge in [-0.25, -0.2) is 0 Å². The van der Waals surface area contributed by atoms with Crippen molar-refractivity contribution in [3.63, 3.8) is 0 Å². The van der Waals surface area contributed by atoms with Crippen LogP contribution in [0, 0.1) is 12.3 Å². The zero-order chi connectivity index (χ0) is 18.4. The van der Waals surface area contributed by atoms with Gasteiger partial charge < -0.3 is 0 Å². The van der Waals surface area contributed by atoms with E-state index in [9.17, 15) is 9.59 Å². The summed E-state index contributed by atoms with van der Waals surface area (Å²) < 4.78 is 0. The van der Waals surface area contributed by atoms with Gasteiger partial charge in [-0.2, -0.15) is 0 Å². The summed E-state index contributed by atoms with van der Waals surface area (Å²) in [5.41, 5.74) is 2.44. The van der Waals surface area contributed by atoms with Crippen molar-refractivity contribution in [1.29, 1.82) is 0 Å². The van der Waals surface area contributed by atoms with E-state index in [1.165, 1.54) is 4.90 Å². The number of carbonyl (C=O) groups is 2. The molecule has 0 aromatic heterocycles. The number of hydrogen-bond donors (Lipinski definition) is 0. The molecule has 0 aliphatic carbocycles. The standard InChI is InChI=1S/C23H17NO2/c1-2-22(25)24(17-18-11-5-3-6-12-18)21-16-10-9-15-20(21)23(26)19-13-7-4-8-14-19/h1,3-16H,17H2. The number of carbonyl (C=O) groups excluding carboxylic acids is 2. The van der Waals surface area contributed by atoms with Crippen LogP contribution in [0.3, 0.4) is 0 Å². The molecule has 0 atom stereocenters. The minimum atomic E-state index is -0.484. The number of ketones is 1. The van der Waals surface area contributed by atoms with Crippen molar-refractivity contribution in [2.75, 3.05) is 4.90 Å². The van der Waals surface area contributed by atoms with Crippen molar-refractivity contribution in [2.45, 2.75) is 6.54 Å². The first kappa shape index (κ1) is 17.2. The summed E-state index contributed by atoms with van der Waals surface area (Å²) in [7, 11) is 0. The molecule has 126 valence electrons. The monoisotopic (exact) mass is 339 g/mol. The molecule has 0 heterocycles. The predicted octanol–water partition coefficient (Wildman–Crippen LogP) is 4.08. The summed E-state index contributed by atoms with van der Waals surface area (Å²) in [5, 5.41) is 0. The van der Waals surface area contributed by atoms with Gasteiger partial charge in [0.1, 0.15) is 0 Å². The van der Waals surface area contributed by atoms with Gasteiger partial charge in [0, 0.05) is 11.1 Å². The van der Waals surface area contributed by atoms with E-state index in [4.69, 9.17) is 6.42 Å². The molecule has 3 aromatic carbocycles. The topological polar surface area (TPSA) is 37.4 Å². The molecule has 0 aliphatic heterocycles. The predicted molar refractivity (Wildman–Crippen MR) is 103 cm³/mol. The summed E-state index contributed by atoms with van der Waals surface area (Å²) in [6, 6.07) is 25.5. The molecule has 0 bridgehead atoms. The average molecular weight is 339 g/mol. The zero-order valence-corrected chi connectivity index (χ0v) is 14.1. The van der Waals surface area contributed by atoms with Crippen LogP contribution in [0.15, 0.2) is 84.9 Å². The first-order valence-corrected chi connectivity index (χ1v) is 8.21. The summed E-state index contributed by atoms with van der Waals surface area (Å²) in [6.07, 6.45) is 5.38. The van der Waals surface area contributed by atoms with E-state index in [0.29, 0.717) is 23.4 Å². The third kappa shape index (κ3) is 3.71. The highest BCUT2D eigenvalue weighted by molar-refractivity contribution is 6.15. The Morgan fingerprint density at radius 3 is 2.04 bits per heavy atom. The molecule has 0 radical (unpaired) electrons. The fourth-order valence-electron chi connectivity index (χ4n) is 2.76. The first-order valence-electron chi connectivity index (χ1n) is 8.21. The van der Waals surface area contributed by atoms with Crippen LogP contribution in [0.1, 0.15) is 21.5 Å². The summed E-state index contributed by atoms with van der Waals surface area (Å²) >= 11 is 0. The van der Waals surface area contributed by atoms with Crippen molar-refractivity contribution in [3.05, 3.63) is 102 Å². The van der Waals surface area contributed by atoms with Crippen molar-refractivity contribution >= 4 is 17.4 Å². The van der Waals surface area contributed by atoms with E-state index in [1.807, 2.05) is 48.5 Å². The minimum absolute atomic E-state index is 0.149. The minimum Gasteiger partial charge on any atom is -0.296 e. The lowest BCUT2D eigenvalue weighted by Crippen LogP contribution is -2.30. The molecular formula is C23H17NO2. The number of anilines is 1. The highest BCUT2D eigenvalue weighted by Crippen LogP contribution is 2.25. The molecule has 3 nitrogen and oxygen atoms in total. The van der Waals surface area contributed by atoms with Crippen molar-refractivity contribution in [2.24, 2.45) is 0 Å². The second-order valence-electron chi connectivity index (χ2n) is 5.73. The highest BCUT2D eigenvalue weighted by atomic mass is 16.2. The Balaban J connectivity index is 2.04. The molecule has 0 unspecified atom stereocenters. The number of amides is 1. The Labute approximate surface area is 152 Å². The van der Waals surface area contributed by atoms with Crippen LogP contribution in [0.5, 0.6) is 0 Å². The summed E-state index contributed by atoms with van der Waals surface area (Å²) in [4.78, 5) is 26.8. The van der Waals surface area contributed by atoms with Gasteiger partial charge in [-0.3, -0.25) is 14.5 Å². The number of nitrogens with zero attached hydrogens (tertiary/aromatic N) is 1.